The van der Waals surface area contributed by atoms with Gasteiger partial charge in [-0.15, -0.1) is 0 Å². The van der Waals surface area contributed by atoms with Crippen molar-refractivity contribution in [3.63, 3.8) is 0 Å². The van der Waals surface area contributed by atoms with Crippen LogP contribution in [0.25, 0.3) is 0 Å². The van der Waals surface area contributed by atoms with Crippen molar-refractivity contribution in [2.75, 3.05) is 19.7 Å². The van der Waals surface area contributed by atoms with Crippen LogP contribution >= 0.6 is 0 Å². The molecule has 0 aromatic rings. The molecule has 1 aliphatic heterocycles. The first-order chi connectivity index (χ1) is 4.84. The summed E-state index contributed by atoms with van der Waals surface area (Å²) in [6, 6.07) is 0. The quantitative estimate of drug-likeness (QED) is 0.550. The molecule has 0 amide bonds. The minimum Gasteiger partial charge on any atom is -0.396 e. The van der Waals surface area contributed by atoms with Gasteiger partial charge in [-0.3, -0.25) is 4.79 Å². The minimum absolute atomic E-state index is 0.0683. The average molecular weight is 143 g/mol. The lowest BCUT2D eigenvalue weighted by molar-refractivity contribution is -0.124. The SMILES string of the molecule is O=C1CCNCC1CCO. The van der Waals surface area contributed by atoms with Crippen LogP contribution in [-0.2, 0) is 4.79 Å². The summed E-state index contributed by atoms with van der Waals surface area (Å²) in [7, 11) is 0. The number of ketones is 1. The lowest BCUT2D eigenvalue weighted by atomic mass is 9.95. The maximum atomic E-state index is 11.0. The Labute approximate surface area is 60.4 Å². The summed E-state index contributed by atoms with van der Waals surface area (Å²) in [6.07, 6.45) is 1.25. The van der Waals surface area contributed by atoms with Crippen molar-refractivity contribution < 1.29 is 9.90 Å². The summed E-state index contributed by atoms with van der Waals surface area (Å²) in [5.74, 6) is 0.367. The molecule has 0 aromatic heterocycles. The van der Waals surface area contributed by atoms with Gasteiger partial charge in [0.2, 0.25) is 0 Å². The molecule has 1 fully saturated rings. The highest BCUT2D eigenvalue weighted by Crippen LogP contribution is 2.08. The number of hydrogen-bond acceptors (Lipinski definition) is 3. The minimum atomic E-state index is 0.0683. The summed E-state index contributed by atoms with van der Waals surface area (Å²) < 4.78 is 0. The van der Waals surface area contributed by atoms with Crippen LogP contribution in [-0.4, -0.2) is 30.6 Å². The van der Waals surface area contributed by atoms with E-state index in [1.165, 1.54) is 0 Å². The molecule has 0 spiro atoms. The van der Waals surface area contributed by atoms with Gasteiger partial charge in [-0.05, 0) is 6.42 Å². The summed E-state index contributed by atoms with van der Waals surface area (Å²) in [5, 5.41) is 11.7. The second-order valence-corrected chi connectivity index (χ2v) is 2.63. The van der Waals surface area contributed by atoms with Crippen molar-refractivity contribution in [2.24, 2.45) is 5.92 Å². The normalized spacial score (nSPS) is 26.9. The zero-order valence-electron chi connectivity index (χ0n) is 5.97. The topological polar surface area (TPSA) is 49.3 Å². The molecule has 0 aliphatic carbocycles. The molecule has 3 nitrogen and oxygen atoms in total. The third-order valence-electron chi connectivity index (χ3n) is 1.87. The average Bonchev–Trinajstić information content (AvgIpc) is 1.94. The van der Waals surface area contributed by atoms with Gasteiger partial charge in [0.25, 0.3) is 0 Å². The van der Waals surface area contributed by atoms with Gasteiger partial charge in [0, 0.05) is 32.0 Å². The molecule has 2 N–H and O–H groups in total. The van der Waals surface area contributed by atoms with Crippen molar-refractivity contribution in [1.29, 1.82) is 0 Å². The van der Waals surface area contributed by atoms with Gasteiger partial charge in [-0.2, -0.15) is 0 Å². The van der Waals surface area contributed by atoms with E-state index in [1.54, 1.807) is 0 Å². The molecule has 1 rings (SSSR count). The lowest BCUT2D eigenvalue weighted by Gasteiger charge is -2.20. The molecule has 0 aromatic carbocycles. The molecule has 1 atom stereocenters. The van der Waals surface area contributed by atoms with E-state index in [-0.39, 0.29) is 12.5 Å². The monoisotopic (exact) mass is 143 g/mol. The molecule has 1 aliphatic rings. The van der Waals surface area contributed by atoms with Crippen LogP contribution in [0.5, 0.6) is 0 Å². The Hall–Kier alpha value is -0.410. The van der Waals surface area contributed by atoms with Crippen LogP contribution in [0.2, 0.25) is 0 Å². The van der Waals surface area contributed by atoms with Crippen LogP contribution in [0, 0.1) is 5.92 Å². The van der Waals surface area contributed by atoms with E-state index in [2.05, 4.69) is 5.32 Å². The molecular formula is C7H13NO2. The van der Waals surface area contributed by atoms with E-state index in [0.29, 0.717) is 18.6 Å². The molecule has 0 saturated carbocycles. The number of aliphatic hydroxyl groups excluding tert-OH is 1. The number of nitrogens with one attached hydrogen (secondary N) is 1. The Morgan fingerprint density at radius 1 is 1.70 bits per heavy atom. The van der Waals surface area contributed by atoms with E-state index >= 15 is 0 Å². The van der Waals surface area contributed by atoms with E-state index in [4.69, 9.17) is 5.11 Å². The second-order valence-electron chi connectivity index (χ2n) is 2.63. The van der Waals surface area contributed by atoms with Crippen LogP contribution < -0.4 is 5.32 Å². The van der Waals surface area contributed by atoms with Crippen molar-refractivity contribution in [3.8, 4) is 0 Å². The van der Waals surface area contributed by atoms with Crippen molar-refractivity contribution in [1.82, 2.24) is 5.32 Å². The van der Waals surface area contributed by atoms with E-state index < -0.39 is 0 Å². The highest BCUT2D eigenvalue weighted by atomic mass is 16.3. The molecule has 1 heterocycles. The third-order valence-corrected chi connectivity index (χ3v) is 1.87. The van der Waals surface area contributed by atoms with E-state index in [1.807, 2.05) is 0 Å². The number of carbonyl (C=O) groups is 1. The smallest absolute Gasteiger partial charge is 0.138 e. The Morgan fingerprint density at radius 3 is 3.10 bits per heavy atom. The van der Waals surface area contributed by atoms with Gasteiger partial charge in [-0.25, -0.2) is 0 Å². The van der Waals surface area contributed by atoms with Gasteiger partial charge in [0.15, 0.2) is 0 Å². The van der Waals surface area contributed by atoms with Gasteiger partial charge < -0.3 is 10.4 Å². The zero-order chi connectivity index (χ0) is 7.40. The number of rotatable bonds is 2. The number of aliphatic hydroxyl groups is 1. The Balaban J connectivity index is 2.32. The maximum Gasteiger partial charge on any atom is 0.138 e. The van der Waals surface area contributed by atoms with Gasteiger partial charge in [0.05, 0.1) is 0 Å². The number of Topliss-reactive ketones (excluding diaryl/α,β-unsaturated/α-hetero) is 1. The second kappa shape index (κ2) is 3.68. The summed E-state index contributed by atoms with van der Waals surface area (Å²) >= 11 is 0. The predicted octanol–water partition coefficient (Wildman–Crippen LogP) is -0.453. The summed E-state index contributed by atoms with van der Waals surface area (Å²) in [5.41, 5.74) is 0. The first-order valence-electron chi connectivity index (χ1n) is 3.69. The fraction of sp³-hybridized carbons (Fsp3) is 0.857. The van der Waals surface area contributed by atoms with E-state index in [9.17, 15) is 4.79 Å². The van der Waals surface area contributed by atoms with Gasteiger partial charge in [0.1, 0.15) is 5.78 Å². The summed E-state index contributed by atoms with van der Waals surface area (Å²) in [6.45, 7) is 1.68. The molecule has 58 valence electrons. The third kappa shape index (κ3) is 1.78. The first-order valence-corrected chi connectivity index (χ1v) is 3.69. The summed E-state index contributed by atoms with van der Waals surface area (Å²) in [4.78, 5) is 11.0. The lowest BCUT2D eigenvalue weighted by Crippen LogP contribution is -2.37. The number of hydrogen-bond donors (Lipinski definition) is 2. The maximum absolute atomic E-state index is 11.0. The van der Waals surface area contributed by atoms with Crippen molar-refractivity contribution >= 4 is 5.78 Å². The van der Waals surface area contributed by atoms with Crippen molar-refractivity contribution in [3.05, 3.63) is 0 Å². The Kier molecular flexibility index (Phi) is 2.83. The molecule has 1 unspecified atom stereocenters. The highest BCUT2D eigenvalue weighted by Gasteiger charge is 2.20. The van der Waals surface area contributed by atoms with E-state index in [0.717, 1.165) is 13.1 Å². The van der Waals surface area contributed by atoms with Gasteiger partial charge >= 0.3 is 0 Å². The van der Waals surface area contributed by atoms with Crippen LogP contribution in [0.3, 0.4) is 0 Å². The standard InChI is InChI=1S/C7H13NO2/c9-4-2-6-5-8-3-1-7(6)10/h6,8-9H,1-5H2. The molecule has 10 heavy (non-hydrogen) atoms. The van der Waals surface area contributed by atoms with Crippen LogP contribution in [0.15, 0.2) is 0 Å². The number of carbonyl (C=O) groups excluding carboxylic acids is 1. The molecule has 1 saturated heterocycles. The molecular weight excluding hydrogens is 130 g/mol. The Bertz CT molecular complexity index is 123. The fourth-order valence-corrected chi connectivity index (χ4v) is 1.22. The highest BCUT2D eigenvalue weighted by molar-refractivity contribution is 5.82. The number of piperidine rings is 1. The van der Waals surface area contributed by atoms with Crippen LogP contribution in [0.1, 0.15) is 12.8 Å². The van der Waals surface area contributed by atoms with Gasteiger partial charge in [-0.1, -0.05) is 0 Å². The molecule has 0 bridgehead atoms. The molecule has 3 heteroatoms. The zero-order valence-corrected chi connectivity index (χ0v) is 5.97. The van der Waals surface area contributed by atoms with Crippen LogP contribution in [0.4, 0.5) is 0 Å². The predicted molar refractivity (Wildman–Crippen MR) is 37.7 cm³/mol. The largest absolute Gasteiger partial charge is 0.396 e. The first kappa shape index (κ1) is 7.69. The van der Waals surface area contributed by atoms with Crippen molar-refractivity contribution in [2.45, 2.75) is 12.8 Å². The molecule has 0 radical (unpaired) electrons. The Morgan fingerprint density at radius 2 is 2.50 bits per heavy atom. The fourth-order valence-electron chi connectivity index (χ4n) is 1.22.